The summed E-state index contributed by atoms with van der Waals surface area (Å²) in [5.74, 6) is 0.501. The molecule has 1 heterocycles. The van der Waals surface area contributed by atoms with Crippen molar-refractivity contribution in [2.24, 2.45) is 4.99 Å². The molecule has 0 saturated carbocycles. The van der Waals surface area contributed by atoms with Crippen molar-refractivity contribution in [3.63, 3.8) is 0 Å². The fourth-order valence-corrected chi connectivity index (χ4v) is 1.69. The average molecular weight is 177 g/mol. The summed E-state index contributed by atoms with van der Waals surface area (Å²) in [5, 5.41) is 0. The van der Waals surface area contributed by atoms with Crippen molar-refractivity contribution in [3.05, 3.63) is 0 Å². The number of sulfonamides is 1. The first-order valence-electron chi connectivity index (χ1n) is 3.23. The van der Waals surface area contributed by atoms with E-state index < -0.39 is 10.0 Å². The molecule has 11 heavy (non-hydrogen) atoms. The zero-order valence-electron chi connectivity index (χ0n) is 6.53. The molecule has 1 N–H and O–H groups in total. The molecule has 1 aliphatic heterocycles. The minimum absolute atomic E-state index is 0.0876. The van der Waals surface area contributed by atoms with Gasteiger partial charge in [0.15, 0.2) is 0 Å². The van der Waals surface area contributed by atoms with Crippen molar-refractivity contribution in [2.75, 3.05) is 26.4 Å². The standard InChI is InChI=1S/C5H11N3O2S/c1-8(2)5-6-3-4-11(9,10)7-5/h3-4H2,1-2H3,(H,6,7). The van der Waals surface area contributed by atoms with E-state index in [2.05, 4.69) is 9.71 Å². The Bertz CT molecular complexity index is 267. The summed E-state index contributed by atoms with van der Waals surface area (Å²) < 4.78 is 24.2. The maximum Gasteiger partial charge on any atom is 0.236 e. The monoisotopic (exact) mass is 177 g/mol. The lowest BCUT2D eigenvalue weighted by atomic mass is 10.7. The smallest absolute Gasteiger partial charge is 0.236 e. The first-order valence-corrected chi connectivity index (χ1v) is 4.89. The summed E-state index contributed by atoms with van der Waals surface area (Å²) >= 11 is 0. The third kappa shape index (κ3) is 2.07. The summed E-state index contributed by atoms with van der Waals surface area (Å²) in [5.41, 5.74) is 0. The van der Waals surface area contributed by atoms with Crippen LogP contribution in [0.2, 0.25) is 0 Å². The second-order valence-corrected chi connectivity index (χ2v) is 4.36. The normalized spacial score (nSPS) is 21.8. The van der Waals surface area contributed by atoms with Gasteiger partial charge in [-0.15, -0.1) is 0 Å². The van der Waals surface area contributed by atoms with E-state index >= 15 is 0 Å². The van der Waals surface area contributed by atoms with Crippen molar-refractivity contribution in [3.8, 4) is 0 Å². The van der Waals surface area contributed by atoms with E-state index in [1.807, 2.05) is 0 Å². The molecule has 6 heteroatoms. The zero-order chi connectivity index (χ0) is 8.48. The molecule has 0 amide bonds. The molecule has 0 saturated heterocycles. The number of nitrogens with one attached hydrogen (secondary N) is 1. The van der Waals surface area contributed by atoms with Crippen LogP contribution in [-0.4, -0.2) is 45.7 Å². The summed E-state index contributed by atoms with van der Waals surface area (Å²) in [7, 11) is 0.386. The van der Waals surface area contributed by atoms with Crippen LogP contribution in [0, 0.1) is 0 Å². The molecule has 64 valence electrons. The quantitative estimate of drug-likeness (QED) is 0.507. The van der Waals surface area contributed by atoms with E-state index in [0.717, 1.165) is 0 Å². The van der Waals surface area contributed by atoms with E-state index in [1.54, 1.807) is 19.0 Å². The van der Waals surface area contributed by atoms with Crippen LogP contribution in [0.4, 0.5) is 0 Å². The molecule has 0 fully saturated rings. The van der Waals surface area contributed by atoms with Gasteiger partial charge in [-0.05, 0) is 0 Å². The molecule has 0 aromatic carbocycles. The Kier molecular flexibility index (Phi) is 2.03. The molecule has 0 aromatic rings. The van der Waals surface area contributed by atoms with Gasteiger partial charge in [-0.3, -0.25) is 9.71 Å². The molecule has 0 aromatic heterocycles. The van der Waals surface area contributed by atoms with E-state index in [1.165, 1.54) is 0 Å². The highest BCUT2D eigenvalue weighted by molar-refractivity contribution is 7.90. The van der Waals surface area contributed by atoms with Crippen molar-refractivity contribution in [1.29, 1.82) is 0 Å². The van der Waals surface area contributed by atoms with Crippen LogP contribution in [0.15, 0.2) is 4.99 Å². The van der Waals surface area contributed by atoms with Gasteiger partial charge in [-0.1, -0.05) is 0 Å². The summed E-state index contributed by atoms with van der Waals surface area (Å²) in [6, 6.07) is 0. The molecule has 0 aliphatic carbocycles. The van der Waals surface area contributed by atoms with Crippen molar-refractivity contribution in [2.45, 2.75) is 0 Å². The summed E-state index contributed by atoms with van der Waals surface area (Å²) in [6.07, 6.45) is 0. The van der Waals surface area contributed by atoms with E-state index in [0.29, 0.717) is 12.5 Å². The molecule has 1 aliphatic rings. The maximum atomic E-state index is 10.9. The summed E-state index contributed by atoms with van der Waals surface area (Å²) in [4.78, 5) is 5.61. The Morgan fingerprint density at radius 2 is 2.18 bits per heavy atom. The van der Waals surface area contributed by atoms with Gasteiger partial charge in [-0.2, -0.15) is 0 Å². The minimum atomic E-state index is -3.10. The van der Waals surface area contributed by atoms with Gasteiger partial charge in [0.1, 0.15) is 0 Å². The third-order valence-electron chi connectivity index (χ3n) is 1.29. The molecule has 0 atom stereocenters. The second kappa shape index (κ2) is 2.69. The van der Waals surface area contributed by atoms with Crippen molar-refractivity contribution in [1.82, 2.24) is 9.62 Å². The van der Waals surface area contributed by atoms with Gasteiger partial charge >= 0.3 is 0 Å². The lowest BCUT2D eigenvalue weighted by Crippen LogP contribution is -2.44. The second-order valence-electron chi connectivity index (χ2n) is 2.52. The van der Waals surface area contributed by atoms with Gasteiger partial charge in [0, 0.05) is 14.1 Å². The van der Waals surface area contributed by atoms with Gasteiger partial charge in [0.05, 0.1) is 12.3 Å². The zero-order valence-corrected chi connectivity index (χ0v) is 7.35. The highest BCUT2D eigenvalue weighted by atomic mass is 32.2. The number of aliphatic imine (C=N–C) groups is 1. The lowest BCUT2D eigenvalue weighted by Gasteiger charge is -2.20. The number of hydrogen-bond donors (Lipinski definition) is 1. The molecule has 0 radical (unpaired) electrons. The van der Waals surface area contributed by atoms with Crippen LogP contribution in [0.3, 0.4) is 0 Å². The average Bonchev–Trinajstić information content (AvgIpc) is 1.85. The molecule has 0 bridgehead atoms. The van der Waals surface area contributed by atoms with Crippen LogP contribution in [0.1, 0.15) is 0 Å². The Morgan fingerprint density at radius 1 is 1.55 bits per heavy atom. The van der Waals surface area contributed by atoms with E-state index in [4.69, 9.17) is 0 Å². The molecular weight excluding hydrogens is 166 g/mol. The number of nitrogens with zero attached hydrogens (tertiary/aromatic N) is 2. The molecular formula is C5H11N3O2S. The third-order valence-corrected chi connectivity index (χ3v) is 2.51. The predicted molar refractivity (Wildman–Crippen MR) is 42.9 cm³/mol. The Balaban J connectivity index is 2.79. The number of guanidine groups is 1. The number of rotatable bonds is 0. The lowest BCUT2D eigenvalue weighted by molar-refractivity contribution is 0.565. The maximum absolute atomic E-state index is 10.9. The Labute approximate surface area is 66.2 Å². The fraction of sp³-hybridized carbons (Fsp3) is 0.800. The van der Waals surface area contributed by atoms with Crippen LogP contribution in [0.5, 0.6) is 0 Å². The highest BCUT2D eigenvalue weighted by Crippen LogP contribution is 1.94. The van der Waals surface area contributed by atoms with Crippen molar-refractivity contribution >= 4 is 16.0 Å². The van der Waals surface area contributed by atoms with Crippen LogP contribution in [0.25, 0.3) is 0 Å². The molecule has 1 rings (SSSR count). The Morgan fingerprint density at radius 3 is 2.55 bits per heavy atom. The van der Waals surface area contributed by atoms with Crippen LogP contribution in [-0.2, 0) is 10.0 Å². The molecule has 0 unspecified atom stereocenters. The Hall–Kier alpha value is -0.780. The van der Waals surface area contributed by atoms with Crippen molar-refractivity contribution < 1.29 is 8.42 Å². The molecule has 5 nitrogen and oxygen atoms in total. The minimum Gasteiger partial charge on any atom is -0.348 e. The predicted octanol–water partition coefficient (Wildman–Crippen LogP) is -1.16. The topological polar surface area (TPSA) is 61.8 Å². The number of hydrogen-bond acceptors (Lipinski definition) is 4. The van der Waals surface area contributed by atoms with Crippen LogP contribution < -0.4 is 4.72 Å². The molecule has 0 spiro atoms. The summed E-state index contributed by atoms with van der Waals surface area (Å²) in [6.45, 7) is 0.350. The van der Waals surface area contributed by atoms with Gasteiger partial charge in [0.2, 0.25) is 16.0 Å². The first-order chi connectivity index (χ1) is 5.01. The van der Waals surface area contributed by atoms with Gasteiger partial charge in [0.25, 0.3) is 0 Å². The van der Waals surface area contributed by atoms with Gasteiger partial charge in [-0.25, -0.2) is 8.42 Å². The largest absolute Gasteiger partial charge is 0.348 e. The van der Waals surface area contributed by atoms with Gasteiger partial charge < -0.3 is 4.90 Å². The van der Waals surface area contributed by atoms with Crippen LogP contribution >= 0.6 is 0 Å². The van der Waals surface area contributed by atoms with E-state index in [-0.39, 0.29) is 5.75 Å². The SMILES string of the molecule is CN(C)C1=NCCS(=O)(=O)N1. The fourth-order valence-electron chi connectivity index (χ4n) is 0.727. The highest BCUT2D eigenvalue weighted by Gasteiger charge is 2.18. The van der Waals surface area contributed by atoms with E-state index in [9.17, 15) is 8.42 Å². The first kappa shape index (κ1) is 8.32.